The van der Waals surface area contributed by atoms with Crippen molar-refractivity contribution in [3.8, 4) is 6.07 Å². The third kappa shape index (κ3) is 5.97. The monoisotopic (exact) mass is 491 g/mol. The molecule has 8 heteroatoms. The van der Waals surface area contributed by atoms with E-state index < -0.39 is 11.6 Å². The molecule has 1 aromatic heterocycles. The molecule has 1 heterocycles. The minimum Gasteiger partial charge on any atom is -0.330 e. The van der Waals surface area contributed by atoms with Gasteiger partial charge in [0.1, 0.15) is 17.5 Å². The standard InChI is InChI=1S/C27H30ClN5O2/c1-18(2)24(32(15-7-14-29)26(34)21-10-12-22(28)13-11-21)25-31-19(3)23(16-30)27(35)33(25)17-20-8-5-4-6-9-20/h4-6,8-13,18,24H,7,14-15,17,29H2,1-3H3. The highest BCUT2D eigenvalue weighted by Crippen LogP contribution is 2.30. The summed E-state index contributed by atoms with van der Waals surface area (Å²) in [6.07, 6.45) is 0.584. The van der Waals surface area contributed by atoms with Crippen LogP contribution in [0.1, 0.15) is 59.3 Å². The summed E-state index contributed by atoms with van der Waals surface area (Å²) in [6, 6.07) is 17.7. The molecule has 1 unspecified atom stereocenters. The van der Waals surface area contributed by atoms with Crippen LogP contribution in [0.4, 0.5) is 0 Å². The first-order valence-electron chi connectivity index (χ1n) is 11.6. The Balaban J connectivity index is 2.21. The first-order valence-corrected chi connectivity index (χ1v) is 12.0. The third-order valence-electron chi connectivity index (χ3n) is 5.86. The van der Waals surface area contributed by atoms with E-state index in [1.807, 2.05) is 50.2 Å². The Bertz CT molecular complexity index is 1260. The van der Waals surface area contributed by atoms with Crippen LogP contribution in [0.15, 0.2) is 59.4 Å². The van der Waals surface area contributed by atoms with Gasteiger partial charge in [-0.05, 0) is 55.6 Å². The molecule has 3 aromatic rings. The number of rotatable bonds is 9. The molecule has 0 radical (unpaired) electrons. The number of amides is 1. The van der Waals surface area contributed by atoms with E-state index in [1.54, 1.807) is 36.1 Å². The van der Waals surface area contributed by atoms with E-state index in [2.05, 4.69) is 0 Å². The van der Waals surface area contributed by atoms with Crippen LogP contribution in [-0.2, 0) is 6.54 Å². The average molecular weight is 492 g/mol. The number of nitriles is 1. The molecule has 0 fully saturated rings. The zero-order chi connectivity index (χ0) is 25.5. The number of halogens is 1. The quantitative estimate of drug-likeness (QED) is 0.480. The molecule has 0 saturated heterocycles. The third-order valence-corrected chi connectivity index (χ3v) is 6.11. The van der Waals surface area contributed by atoms with Crippen molar-refractivity contribution >= 4 is 17.5 Å². The smallest absolute Gasteiger partial charge is 0.272 e. The Morgan fingerprint density at radius 2 is 1.83 bits per heavy atom. The molecular formula is C27H30ClN5O2. The fourth-order valence-electron chi connectivity index (χ4n) is 4.14. The summed E-state index contributed by atoms with van der Waals surface area (Å²) in [5, 5.41) is 10.2. The van der Waals surface area contributed by atoms with Crippen molar-refractivity contribution in [2.75, 3.05) is 13.1 Å². The van der Waals surface area contributed by atoms with Gasteiger partial charge in [-0.15, -0.1) is 0 Å². The molecule has 0 aliphatic carbocycles. The van der Waals surface area contributed by atoms with Crippen LogP contribution in [-0.4, -0.2) is 33.4 Å². The molecule has 0 aliphatic rings. The van der Waals surface area contributed by atoms with Crippen LogP contribution in [0, 0.1) is 24.2 Å². The van der Waals surface area contributed by atoms with Crippen LogP contribution >= 0.6 is 11.6 Å². The van der Waals surface area contributed by atoms with Crippen molar-refractivity contribution < 1.29 is 4.79 Å². The molecule has 1 amide bonds. The van der Waals surface area contributed by atoms with Crippen LogP contribution in [0.2, 0.25) is 5.02 Å². The van der Waals surface area contributed by atoms with Crippen LogP contribution in [0.3, 0.4) is 0 Å². The van der Waals surface area contributed by atoms with Gasteiger partial charge in [-0.2, -0.15) is 5.26 Å². The fraction of sp³-hybridized carbons (Fsp3) is 0.333. The zero-order valence-corrected chi connectivity index (χ0v) is 21.0. The predicted octanol–water partition coefficient (Wildman–Crippen LogP) is 4.31. The zero-order valence-electron chi connectivity index (χ0n) is 20.2. The number of nitrogens with zero attached hydrogens (tertiary/aromatic N) is 4. The number of carbonyl (C=O) groups is 1. The van der Waals surface area contributed by atoms with E-state index in [9.17, 15) is 14.9 Å². The van der Waals surface area contributed by atoms with Gasteiger partial charge in [0, 0.05) is 17.1 Å². The van der Waals surface area contributed by atoms with Crippen molar-refractivity contribution in [2.24, 2.45) is 11.7 Å². The largest absolute Gasteiger partial charge is 0.330 e. The maximum absolute atomic E-state index is 13.7. The maximum Gasteiger partial charge on any atom is 0.272 e. The SMILES string of the molecule is Cc1nc(C(C(C)C)N(CCCN)C(=O)c2ccc(Cl)cc2)n(Cc2ccccc2)c(=O)c1C#N. The average Bonchev–Trinajstić information content (AvgIpc) is 2.84. The molecule has 7 nitrogen and oxygen atoms in total. The Kier molecular flexibility index (Phi) is 8.80. The summed E-state index contributed by atoms with van der Waals surface area (Å²) < 4.78 is 1.52. The minimum atomic E-state index is -0.521. The summed E-state index contributed by atoms with van der Waals surface area (Å²) in [5.41, 5.74) is 7.12. The molecule has 3 rings (SSSR count). The van der Waals surface area contributed by atoms with Gasteiger partial charge in [0.25, 0.3) is 11.5 Å². The van der Waals surface area contributed by atoms with Crippen LogP contribution in [0.5, 0.6) is 0 Å². The van der Waals surface area contributed by atoms with Gasteiger partial charge in [-0.3, -0.25) is 14.2 Å². The van der Waals surface area contributed by atoms with Gasteiger partial charge in [0.05, 0.1) is 18.3 Å². The second-order valence-electron chi connectivity index (χ2n) is 8.76. The van der Waals surface area contributed by atoms with Crippen molar-refractivity contribution in [1.29, 1.82) is 5.26 Å². The van der Waals surface area contributed by atoms with Crippen molar-refractivity contribution in [2.45, 2.75) is 39.8 Å². The first-order chi connectivity index (χ1) is 16.8. The molecule has 0 bridgehead atoms. The summed E-state index contributed by atoms with van der Waals surface area (Å²) in [5.74, 6) is 0.173. The van der Waals surface area contributed by atoms with Crippen LogP contribution in [0.25, 0.3) is 0 Å². The molecule has 0 spiro atoms. The maximum atomic E-state index is 13.7. The van der Waals surface area contributed by atoms with Gasteiger partial charge >= 0.3 is 0 Å². The summed E-state index contributed by atoms with van der Waals surface area (Å²) in [6.45, 7) is 6.66. The number of aryl methyl sites for hydroxylation is 1. The number of benzene rings is 2. The van der Waals surface area contributed by atoms with Crippen molar-refractivity contribution in [1.82, 2.24) is 14.5 Å². The lowest BCUT2D eigenvalue weighted by atomic mass is 9.98. The van der Waals surface area contributed by atoms with Crippen molar-refractivity contribution in [3.63, 3.8) is 0 Å². The second-order valence-corrected chi connectivity index (χ2v) is 9.19. The fourth-order valence-corrected chi connectivity index (χ4v) is 4.27. The molecule has 182 valence electrons. The number of carbonyl (C=O) groups excluding carboxylic acids is 1. The topological polar surface area (TPSA) is 105 Å². The highest BCUT2D eigenvalue weighted by atomic mass is 35.5. The van der Waals surface area contributed by atoms with E-state index in [4.69, 9.17) is 22.3 Å². The molecule has 0 saturated carbocycles. The van der Waals surface area contributed by atoms with Gasteiger partial charge in [-0.25, -0.2) is 4.98 Å². The van der Waals surface area contributed by atoms with E-state index in [1.165, 1.54) is 4.57 Å². The second kappa shape index (κ2) is 11.8. The molecule has 35 heavy (non-hydrogen) atoms. The molecule has 2 N–H and O–H groups in total. The molecule has 2 aromatic carbocycles. The molecular weight excluding hydrogens is 462 g/mol. The number of aromatic nitrogens is 2. The Hall–Kier alpha value is -3.47. The van der Waals surface area contributed by atoms with Gasteiger partial charge < -0.3 is 10.6 Å². The van der Waals surface area contributed by atoms with E-state index >= 15 is 0 Å². The lowest BCUT2D eigenvalue weighted by Gasteiger charge is -2.35. The van der Waals surface area contributed by atoms with Gasteiger partial charge in [0.15, 0.2) is 0 Å². The summed E-state index contributed by atoms with van der Waals surface area (Å²) >= 11 is 6.03. The summed E-state index contributed by atoms with van der Waals surface area (Å²) in [7, 11) is 0. The summed E-state index contributed by atoms with van der Waals surface area (Å²) in [4.78, 5) is 33.6. The van der Waals surface area contributed by atoms with E-state index in [-0.39, 0.29) is 23.9 Å². The van der Waals surface area contributed by atoms with E-state index in [0.717, 1.165) is 5.56 Å². The molecule has 0 aliphatic heterocycles. The van der Waals surface area contributed by atoms with Gasteiger partial charge in [0.2, 0.25) is 0 Å². The predicted molar refractivity (Wildman–Crippen MR) is 137 cm³/mol. The number of nitrogens with two attached hydrogens (primary N) is 1. The van der Waals surface area contributed by atoms with Gasteiger partial charge in [-0.1, -0.05) is 55.8 Å². The highest BCUT2D eigenvalue weighted by molar-refractivity contribution is 6.30. The number of hydrogen-bond acceptors (Lipinski definition) is 5. The Morgan fingerprint density at radius 3 is 2.40 bits per heavy atom. The Labute approximate surface area is 210 Å². The lowest BCUT2D eigenvalue weighted by molar-refractivity contribution is 0.0601. The number of hydrogen-bond donors (Lipinski definition) is 1. The molecule has 1 atom stereocenters. The highest BCUT2D eigenvalue weighted by Gasteiger charge is 2.33. The minimum absolute atomic E-state index is 0.00437. The normalized spacial score (nSPS) is 11.8. The van der Waals surface area contributed by atoms with Crippen molar-refractivity contribution in [3.05, 3.63) is 98.2 Å². The van der Waals surface area contributed by atoms with E-state index in [0.29, 0.717) is 41.6 Å². The lowest BCUT2D eigenvalue weighted by Crippen LogP contribution is -2.43. The first kappa shape index (κ1) is 26.1. The van der Waals surface area contributed by atoms with Crippen LogP contribution < -0.4 is 11.3 Å². The Morgan fingerprint density at radius 1 is 1.17 bits per heavy atom.